The van der Waals surface area contributed by atoms with Crippen LogP contribution in [0.3, 0.4) is 0 Å². The Kier molecular flexibility index (Phi) is 4.68. The third kappa shape index (κ3) is 3.89. The van der Waals surface area contributed by atoms with Gasteiger partial charge < -0.3 is 15.0 Å². The quantitative estimate of drug-likeness (QED) is 0.801. The molecule has 2 heterocycles. The second-order valence-corrected chi connectivity index (χ2v) is 4.64. The molecular weight excluding hydrogens is 244 g/mol. The second-order valence-electron chi connectivity index (χ2n) is 4.64. The highest BCUT2D eigenvalue weighted by Crippen LogP contribution is 2.19. The topological polar surface area (TPSA) is 67.3 Å². The molecule has 0 unspecified atom stereocenters. The molecule has 0 radical (unpaired) electrons. The summed E-state index contributed by atoms with van der Waals surface area (Å²) in [5, 5.41) is 3.19. The average molecular weight is 264 g/mol. The number of methoxy groups -OCH3 is 1. The fourth-order valence-corrected chi connectivity index (χ4v) is 2.12. The molecule has 0 bridgehead atoms. The van der Waals surface area contributed by atoms with Gasteiger partial charge in [0.15, 0.2) is 5.78 Å². The van der Waals surface area contributed by atoms with Crippen LogP contribution in [0.4, 0.5) is 11.6 Å². The highest BCUT2D eigenvalue weighted by atomic mass is 16.5. The van der Waals surface area contributed by atoms with Crippen LogP contribution in [0.15, 0.2) is 6.07 Å². The first-order valence-corrected chi connectivity index (χ1v) is 6.54. The Hall–Kier alpha value is -1.69. The molecule has 104 valence electrons. The van der Waals surface area contributed by atoms with E-state index in [1.165, 1.54) is 0 Å². The van der Waals surface area contributed by atoms with Crippen molar-refractivity contribution in [1.82, 2.24) is 9.97 Å². The summed E-state index contributed by atoms with van der Waals surface area (Å²) in [6.07, 6.45) is 1.58. The minimum absolute atomic E-state index is 0.274. The number of ether oxygens (including phenoxy) is 1. The number of hydrogen-bond donors (Lipinski definition) is 1. The van der Waals surface area contributed by atoms with Crippen LogP contribution < -0.4 is 10.2 Å². The maximum atomic E-state index is 11.5. The number of nitrogens with one attached hydrogen (secondary N) is 1. The third-order valence-corrected chi connectivity index (χ3v) is 3.01. The van der Waals surface area contributed by atoms with Gasteiger partial charge >= 0.3 is 0 Å². The van der Waals surface area contributed by atoms with Gasteiger partial charge in [-0.15, -0.1) is 0 Å². The second kappa shape index (κ2) is 6.47. The summed E-state index contributed by atoms with van der Waals surface area (Å²) >= 11 is 0. The molecule has 0 aromatic carbocycles. The number of ketones is 1. The minimum Gasteiger partial charge on any atom is -0.383 e. The van der Waals surface area contributed by atoms with Gasteiger partial charge in [0.2, 0.25) is 0 Å². The molecule has 6 nitrogen and oxygen atoms in total. The Morgan fingerprint density at radius 2 is 2.32 bits per heavy atom. The Morgan fingerprint density at radius 3 is 3.05 bits per heavy atom. The first-order valence-electron chi connectivity index (χ1n) is 6.54. The van der Waals surface area contributed by atoms with Gasteiger partial charge in [-0.05, 0) is 13.3 Å². The number of carbonyl (C=O) groups is 1. The van der Waals surface area contributed by atoms with Crippen molar-refractivity contribution in [2.24, 2.45) is 0 Å². The number of rotatable bonds is 5. The normalized spacial score (nSPS) is 15.7. The van der Waals surface area contributed by atoms with Crippen molar-refractivity contribution in [2.75, 3.05) is 43.6 Å². The predicted molar refractivity (Wildman–Crippen MR) is 73.6 cm³/mol. The molecule has 1 aliphatic heterocycles. The van der Waals surface area contributed by atoms with Gasteiger partial charge in [0.05, 0.1) is 13.2 Å². The van der Waals surface area contributed by atoms with Crippen molar-refractivity contribution in [2.45, 2.75) is 19.8 Å². The standard InChI is InChI=1S/C13H20N4O2/c1-10-15-12(14-5-7-19-2)8-13(16-10)17-6-3-4-11(18)9-17/h8H,3-7,9H2,1-2H3,(H,14,15,16). The molecule has 0 atom stereocenters. The zero-order valence-corrected chi connectivity index (χ0v) is 11.5. The molecular formula is C13H20N4O2. The number of piperidine rings is 1. The van der Waals surface area contributed by atoms with Gasteiger partial charge in [-0.3, -0.25) is 4.79 Å². The molecule has 2 rings (SSSR count). The Morgan fingerprint density at radius 1 is 1.47 bits per heavy atom. The summed E-state index contributed by atoms with van der Waals surface area (Å²) in [5.41, 5.74) is 0. The van der Waals surface area contributed by atoms with E-state index >= 15 is 0 Å². The summed E-state index contributed by atoms with van der Waals surface area (Å²) < 4.78 is 4.99. The number of aryl methyl sites for hydroxylation is 1. The monoisotopic (exact) mass is 264 g/mol. The van der Waals surface area contributed by atoms with Gasteiger partial charge in [0.1, 0.15) is 17.5 Å². The van der Waals surface area contributed by atoms with Crippen molar-refractivity contribution in [1.29, 1.82) is 0 Å². The zero-order chi connectivity index (χ0) is 13.7. The fraction of sp³-hybridized carbons (Fsp3) is 0.615. The van der Waals surface area contributed by atoms with Gasteiger partial charge in [0, 0.05) is 32.7 Å². The molecule has 0 spiro atoms. The zero-order valence-electron chi connectivity index (χ0n) is 11.5. The molecule has 0 amide bonds. The molecule has 1 aliphatic rings. The molecule has 1 N–H and O–H groups in total. The Bertz CT molecular complexity index is 450. The molecule has 0 aliphatic carbocycles. The highest BCUT2D eigenvalue weighted by Gasteiger charge is 2.18. The van der Waals surface area contributed by atoms with Crippen molar-refractivity contribution in [3.05, 3.63) is 11.9 Å². The lowest BCUT2D eigenvalue weighted by Crippen LogP contribution is -2.36. The van der Waals surface area contributed by atoms with Crippen LogP contribution in [0, 0.1) is 6.92 Å². The van der Waals surface area contributed by atoms with Gasteiger partial charge in [0.25, 0.3) is 0 Å². The van der Waals surface area contributed by atoms with Crippen LogP contribution >= 0.6 is 0 Å². The van der Waals surface area contributed by atoms with E-state index in [9.17, 15) is 4.79 Å². The smallest absolute Gasteiger partial charge is 0.152 e. The number of aromatic nitrogens is 2. The van der Waals surface area contributed by atoms with E-state index < -0.39 is 0 Å². The van der Waals surface area contributed by atoms with Crippen LogP contribution in [0.1, 0.15) is 18.7 Å². The molecule has 6 heteroatoms. The van der Waals surface area contributed by atoms with Crippen LogP contribution in [-0.2, 0) is 9.53 Å². The molecule has 1 saturated heterocycles. The minimum atomic E-state index is 0.274. The molecule has 0 saturated carbocycles. The maximum absolute atomic E-state index is 11.5. The summed E-state index contributed by atoms with van der Waals surface area (Å²) in [6.45, 7) is 4.51. The fourth-order valence-electron chi connectivity index (χ4n) is 2.12. The van der Waals surface area contributed by atoms with Crippen LogP contribution in [0.25, 0.3) is 0 Å². The Balaban J connectivity index is 2.09. The lowest BCUT2D eigenvalue weighted by Gasteiger charge is -2.27. The lowest BCUT2D eigenvalue weighted by atomic mass is 10.1. The van der Waals surface area contributed by atoms with Gasteiger partial charge in [-0.2, -0.15) is 0 Å². The average Bonchev–Trinajstić information content (AvgIpc) is 2.38. The van der Waals surface area contributed by atoms with Crippen molar-refractivity contribution in [3.8, 4) is 0 Å². The largest absolute Gasteiger partial charge is 0.383 e. The summed E-state index contributed by atoms with van der Waals surface area (Å²) in [7, 11) is 1.66. The summed E-state index contributed by atoms with van der Waals surface area (Å²) in [6, 6.07) is 1.89. The van der Waals surface area contributed by atoms with Gasteiger partial charge in [-0.25, -0.2) is 9.97 Å². The predicted octanol–water partition coefficient (Wildman–Crippen LogP) is 1.01. The van der Waals surface area contributed by atoms with Crippen molar-refractivity contribution < 1.29 is 9.53 Å². The van der Waals surface area contributed by atoms with Gasteiger partial charge in [-0.1, -0.05) is 0 Å². The molecule has 1 aromatic heterocycles. The number of hydrogen-bond acceptors (Lipinski definition) is 6. The first-order chi connectivity index (χ1) is 9.19. The van der Waals surface area contributed by atoms with Crippen LogP contribution in [-0.4, -0.2) is 49.1 Å². The molecule has 19 heavy (non-hydrogen) atoms. The molecule has 1 fully saturated rings. The molecule has 1 aromatic rings. The van der Waals surface area contributed by atoms with E-state index in [2.05, 4.69) is 15.3 Å². The third-order valence-electron chi connectivity index (χ3n) is 3.01. The van der Waals surface area contributed by atoms with Crippen LogP contribution in [0.2, 0.25) is 0 Å². The van der Waals surface area contributed by atoms with Crippen molar-refractivity contribution >= 4 is 17.4 Å². The van der Waals surface area contributed by atoms with E-state index in [-0.39, 0.29) is 5.78 Å². The first kappa shape index (κ1) is 13.7. The van der Waals surface area contributed by atoms with E-state index in [0.717, 1.165) is 24.6 Å². The van der Waals surface area contributed by atoms with Crippen LogP contribution in [0.5, 0.6) is 0 Å². The number of carbonyl (C=O) groups excluding carboxylic acids is 1. The number of Topliss-reactive ketones (excluding diaryl/α,β-unsaturated/α-hetero) is 1. The number of anilines is 2. The van der Waals surface area contributed by atoms with Crippen molar-refractivity contribution in [3.63, 3.8) is 0 Å². The van der Waals surface area contributed by atoms with E-state index in [4.69, 9.17) is 4.74 Å². The lowest BCUT2D eigenvalue weighted by molar-refractivity contribution is -0.118. The summed E-state index contributed by atoms with van der Waals surface area (Å²) in [4.78, 5) is 22.3. The SMILES string of the molecule is COCCNc1cc(N2CCCC(=O)C2)nc(C)n1. The Labute approximate surface area is 113 Å². The van der Waals surface area contributed by atoms with E-state index in [0.29, 0.717) is 31.9 Å². The summed E-state index contributed by atoms with van der Waals surface area (Å²) in [5.74, 6) is 2.57. The van der Waals surface area contributed by atoms with E-state index in [1.807, 2.05) is 17.9 Å². The highest BCUT2D eigenvalue weighted by molar-refractivity contribution is 5.84. The maximum Gasteiger partial charge on any atom is 0.152 e. The number of nitrogens with zero attached hydrogens (tertiary/aromatic N) is 3. The van der Waals surface area contributed by atoms with E-state index in [1.54, 1.807) is 7.11 Å².